The molecule has 2 aromatic rings. The number of guanidine groups is 1. The summed E-state index contributed by atoms with van der Waals surface area (Å²) in [5, 5.41) is 3.48. The minimum Gasteiger partial charge on any atom is -0.356 e. The molecule has 0 atom stereocenters. The van der Waals surface area contributed by atoms with Crippen LogP contribution in [0.4, 0.5) is 5.69 Å². The Kier molecular flexibility index (Phi) is 6.38. The molecule has 1 aliphatic rings. The molecule has 2 heterocycles. The van der Waals surface area contributed by atoms with E-state index in [1.165, 1.54) is 22.4 Å². The van der Waals surface area contributed by atoms with Gasteiger partial charge in [0.1, 0.15) is 0 Å². The van der Waals surface area contributed by atoms with Gasteiger partial charge in [0.2, 0.25) is 0 Å². The van der Waals surface area contributed by atoms with Crippen LogP contribution in [0.5, 0.6) is 0 Å². The third-order valence-electron chi connectivity index (χ3n) is 4.17. The number of aromatic nitrogens is 1. The van der Waals surface area contributed by atoms with Crippen molar-refractivity contribution in [3.63, 3.8) is 0 Å². The second-order valence-electron chi connectivity index (χ2n) is 5.56. The van der Waals surface area contributed by atoms with Crippen molar-refractivity contribution in [2.75, 3.05) is 25.0 Å². The van der Waals surface area contributed by atoms with Gasteiger partial charge < -0.3 is 10.2 Å². The Balaban J connectivity index is 0.00000192. The van der Waals surface area contributed by atoms with Crippen molar-refractivity contribution in [3.05, 3.63) is 59.4 Å². The number of anilines is 1. The summed E-state index contributed by atoms with van der Waals surface area (Å²) in [4.78, 5) is 10.9. The molecular formula is C18H23IN4. The van der Waals surface area contributed by atoms with E-state index in [1.54, 1.807) is 0 Å². The lowest BCUT2D eigenvalue weighted by Crippen LogP contribution is -2.41. The molecule has 1 aliphatic heterocycles. The molecule has 0 spiro atoms. The van der Waals surface area contributed by atoms with E-state index in [-0.39, 0.29) is 24.0 Å². The molecule has 23 heavy (non-hydrogen) atoms. The molecule has 1 aromatic carbocycles. The molecule has 122 valence electrons. The van der Waals surface area contributed by atoms with Gasteiger partial charge in [0.05, 0.1) is 0 Å². The number of nitrogens with zero attached hydrogens (tertiary/aromatic N) is 3. The molecule has 5 heteroatoms. The Bertz CT molecular complexity index is 684. The van der Waals surface area contributed by atoms with Crippen LogP contribution >= 0.6 is 24.0 Å². The summed E-state index contributed by atoms with van der Waals surface area (Å²) in [6.45, 7) is 3.97. The average Bonchev–Trinajstić information content (AvgIpc) is 2.97. The van der Waals surface area contributed by atoms with Gasteiger partial charge in [0.15, 0.2) is 5.96 Å². The smallest absolute Gasteiger partial charge is 0.198 e. The number of aliphatic imine (C=N–C) groups is 1. The first kappa shape index (κ1) is 17.7. The van der Waals surface area contributed by atoms with E-state index in [4.69, 9.17) is 0 Å². The van der Waals surface area contributed by atoms with Crippen molar-refractivity contribution in [3.8, 4) is 0 Å². The zero-order valence-electron chi connectivity index (χ0n) is 13.6. The van der Waals surface area contributed by atoms with Crippen molar-refractivity contribution < 1.29 is 0 Å². The van der Waals surface area contributed by atoms with E-state index in [0.717, 1.165) is 31.9 Å². The van der Waals surface area contributed by atoms with E-state index in [1.807, 2.05) is 19.4 Å². The Labute approximate surface area is 155 Å². The molecule has 0 amide bonds. The maximum Gasteiger partial charge on any atom is 0.198 e. The molecule has 0 fully saturated rings. The average molecular weight is 422 g/mol. The number of fused-ring (bicyclic) bond motifs is 1. The minimum absolute atomic E-state index is 0. The van der Waals surface area contributed by atoms with Crippen molar-refractivity contribution >= 4 is 35.6 Å². The highest BCUT2D eigenvalue weighted by atomic mass is 127. The number of benzene rings is 1. The van der Waals surface area contributed by atoms with Crippen molar-refractivity contribution in [2.24, 2.45) is 4.99 Å². The first-order chi connectivity index (χ1) is 10.8. The van der Waals surface area contributed by atoms with Gasteiger partial charge in [-0.3, -0.25) is 9.98 Å². The number of para-hydroxylation sites is 1. The highest BCUT2D eigenvalue weighted by Gasteiger charge is 2.21. The van der Waals surface area contributed by atoms with Crippen LogP contribution < -0.4 is 10.2 Å². The predicted molar refractivity (Wildman–Crippen MR) is 107 cm³/mol. The third kappa shape index (κ3) is 4.02. The molecule has 1 aromatic heterocycles. The Hall–Kier alpha value is -1.63. The van der Waals surface area contributed by atoms with Gasteiger partial charge in [-0.15, -0.1) is 24.0 Å². The van der Waals surface area contributed by atoms with Gasteiger partial charge >= 0.3 is 0 Å². The van der Waals surface area contributed by atoms with Gasteiger partial charge in [-0.2, -0.15) is 0 Å². The topological polar surface area (TPSA) is 40.5 Å². The maximum absolute atomic E-state index is 4.44. The number of halogens is 1. The van der Waals surface area contributed by atoms with Crippen LogP contribution in [0, 0.1) is 6.92 Å². The highest BCUT2D eigenvalue weighted by Crippen LogP contribution is 2.27. The Morgan fingerprint density at radius 3 is 2.91 bits per heavy atom. The zero-order chi connectivity index (χ0) is 15.4. The number of hydrogen-bond donors (Lipinski definition) is 1. The Morgan fingerprint density at radius 1 is 1.30 bits per heavy atom. The summed E-state index contributed by atoms with van der Waals surface area (Å²) < 4.78 is 0. The predicted octanol–water partition coefficient (Wildman–Crippen LogP) is 3.19. The molecule has 3 rings (SSSR count). The summed E-state index contributed by atoms with van der Waals surface area (Å²) >= 11 is 0. The molecule has 0 saturated heterocycles. The van der Waals surface area contributed by atoms with Gasteiger partial charge in [-0.1, -0.05) is 18.2 Å². The first-order valence-electron chi connectivity index (χ1n) is 7.75. The van der Waals surface area contributed by atoms with E-state index in [0.29, 0.717) is 0 Å². The van der Waals surface area contributed by atoms with E-state index < -0.39 is 0 Å². The summed E-state index contributed by atoms with van der Waals surface area (Å²) in [6, 6.07) is 10.6. The van der Waals surface area contributed by atoms with E-state index in [2.05, 4.69) is 57.4 Å². The SMILES string of the molecule is CN=C(NCCc1ccncc1C)N1CCc2ccccc21.I. The van der Waals surface area contributed by atoms with Crippen molar-refractivity contribution in [1.29, 1.82) is 0 Å². The molecule has 0 unspecified atom stereocenters. The van der Waals surface area contributed by atoms with Crippen LogP contribution in [0.1, 0.15) is 16.7 Å². The number of rotatable bonds is 3. The fraction of sp³-hybridized carbons (Fsp3) is 0.333. The molecule has 0 aliphatic carbocycles. The summed E-state index contributed by atoms with van der Waals surface area (Å²) in [6.07, 6.45) is 5.83. The minimum atomic E-state index is 0. The number of hydrogen-bond acceptors (Lipinski definition) is 2. The second kappa shape index (κ2) is 8.29. The monoisotopic (exact) mass is 422 g/mol. The van der Waals surface area contributed by atoms with Crippen LogP contribution in [0.25, 0.3) is 0 Å². The fourth-order valence-corrected chi connectivity index (χ4v) is 2.95. The number of aryl methyl sites for hydroxylation is 1. The van der Waals surface area contributed by atoms with Crippen LogP contribution in [-0.2, 0) is 12.8 Å². The second-order valence-corrected chi connectivity index (χ2v) is 5.56. The van der Waals surface area contributed by atoms with E-state index >= 15 is 0 Å². The summed E-state index contributed by atoms with van der Waals surface area (Å²) in [5.41, 5.74) is 5.25. The summed E-state index contributed by atoms with van der Waals surface area (Å²) in [5.74, 6) is 0.955. The van der Waals surface area contributed by atoms with Gasteiger partial charge in [-0.25, -0.2) is 0 Å². The van der Waals surface area contributed by atoms with E-state index in [9.17, 15) is 0 Å². The lowest BCUT2D eigenvalue weighted by molar-refractivity contribution is 0.831. The maximum atomic E-state index is 4.44. The van der Waals surface area contributed by atoms with Crippen LogP contribution in [0.15, 0.2) is 47.7 Å². The third-order valence-corrected chi connectivity index (χ3v) is 4.17. The molecule has 0 saturated carbocycles. The molecule has 1 N–H and O–H groups in total. The molecular weight excluding hydrogens is 399 g/mol. The molecule has 0 radical (unpaired) electrons. The van der Waals surface area contributed by atoms with Crippen LogP contribution in [-0.4, -0.2) is 31.1 Å². The van der Waals surface area contributed by atoms with Crippen molar-refractivity contribution in [2.45, 2.75) is 19.8 Å². The normalized spacial score (nSPS) is 13.5. The lowest BCUT2D eigenvalue weighted by Gasteiger charge is -2.22. The molecule has 4 nitrogen and oxygen atoms in total. The van der Waals surface area contributed by atoms with Gasteiger partial charge in [-0.05, 0) is 48.6 Å². The van der Waals surface area contributed by atoms with Crippen LogP contribution in [0.2, 0.25) is 0 Å². The first-order valence-corrected chi connectivity index (χ1v) is 7.75. The molecule has 0 bridgehead atoms. The summed E-state index contributed by atoms with van der Waals surface area (Å²) in [7, 11) is 1.85. The standard InChI is InChI=1S/C18H22N4.HI/c1-14-13-20-10-7-15(14)8-11-21-18(19-2)22-12-9-16-5-3-4-6-17(16)22;/h3-7,10,13H,8-9,11-12H2,1-2H3,(H,19,21);1H. The van der Waals surface area contributed by atoms with Gasteiger partial charge in [0.25, 0.3) is 0 Å². The lowest BCUT2D eigenvalue weighted by atomic mass is 10.1. The fourth-order valence-electron chi connectivity index (χ4n) is 2.95. The quantitative estimate of drug-likeness (QED) is 0.469. The number of nitrogens with one attached hydrogen (secondary N) is 1. The van der Waals surface area contributed by atoms with Crippen LogP contribution in [0.3, 0.4) is 0 Å². The zero-order valence-corrected chi connectivity index (χ0v) is 16.0. The van der Waals surface area contributed by atoms with Crippen molar-refractivity contribution in [1.82, 2.24) is 10.3 Å². The number of pyridine rings is 1. The highest BCUT2D eigenvalue weighted by molar-refractivity contribution is 14.0. The van der Waals surface area contributed by atoms with Gasteiger partial charge in [0, 0.05) is 38.2 Å². The Morgan fingerprint density at radius 2 is 2.13 bits per heavy atom. The largest absolute Gasteiger partial charge is 0.356 e.